The SMILES string of the molecule is N#Cc1cccc(-c2cc(-c3cc(-c4ccccc4)nc(-c4ccccc4)n3)cc(-c3cccc(C#N)c3)c2-n2c3ccccc3c3c4oc5ccccc5c4ccc32)c1. The second-order valence-electron chi connectivity index (χ2n) is 14.8. The fraction of sp³-hybridized carbons (Fsp3) is 0. The van der Waals surface area contributed by atoms with Crippen molar-refractivity contribution in [2.75, 3.05) is 0 Å². The van der Waals surface area contributed by atoms with E-state index in [4.69, 9.17) is 14.4 Å². The maximum absolute atomic E-state index is 10.2. The molecule has 6 heteroatoms. The lowest BCUT2D eigenvalue weighted by Gasteiger charge is -2.21. The first kappa shape index (κ1) is 34.7. The highest BCUT2D eigenvalue weighted by atomic mass is 16.3. The predicted molar refractivity (Wildman–Crippen MR) is 240 cm³/mol. The summed E-state index contributed by atoms with van der Waals surface area (Å²) in [5.74, 6) is 0.606. The van der Waals surface area contributed by atoms with Gasteiger partial charge in [0.05, 0.1) is 56.8 Å². The molecule has 0 aliphatic carbocycles. The molecule has 8 aromatic carbocycles. The van der Waals surface area contributed by atoms with E-state index in [0.717, 1.165) is 99.8 Å². The monoisotopic (exact) mass is 765 g/mol. The van der Waals surface area contributed by atoms with Crippen LogP contribution in [0, 0.1) is 22.7 Å². The Morgan fingerprint density at radius 3 is 1.67 bits per heavy atom. The third-order valence-corrected chi connectivity index (χ3v) is 11.2. The van der Waals surface area contributed by atoms with Crippen LogP contribution in [0.15, 0.2) is 192 Å². The summed E-state index contributed by atoms with van der Waals surface area (Å²) in [6.45, 7) is 0. The first-order chi connectivity index (χ1) is 29.6. The van der Waals surface area contributed by atoms with Crippen LogP contribution >= 0.6 is 0 Å². The zero-order valence-corrected chi connectivity index (χ0v) is 32.0. The molecule has 0 bridgehead atoms. The molecular formula is C54H31N5O. The lowest BCUT2D eigenvalue weighted by atomic mass is 9.90. The van der Waals surface area contributed by atoms with Gasteiger partial charge >= 0.3 is 0 Å². The molecule has 6 nitrogen and oxygen atoms in total. The molecule has 0 spiro atoms. The van der Waals surface area contributed by atoms with Crippen molar-refractivity contribution in [2.24, 2.45) is 0 Å². The van der Waals surface area contributed by atoms with E-state index < -0.39 is 0 Å². The molecule has 11 aromatic rings. The first-order valence-electron chi connectivity index (χ1n) is 19.7. The van der Waals surface area contributed by atoms with Gasteiger partial charge in [-0.1, -0.05) is 121 Å². The summed E-state index contributed by atoms with van der Waals surface area (Å²) in [4.78, 5) is 10.3. The molecule has 0 amide bonds. The summed E-state index contributed by atoms with van der Waals surface area (Å²) in [5.41, 5.74) is 13.3. The summed E-state index contributed by atoms with van der Waals surface area (Å²) in [6, 6.07) is 67.7. The Balaban J connectivity index is 1.29. The number of aromatic nitrogens is 3. The average molecular weight is 766 g/mol. The van der Waals surface area contributed by atoms with Crippen LogP contribution in [-0.2, 0) is 0 Å². The number of benzene rings is 8. The zero-order valence-electron chi connectivity index (χ0n) is 32.0. The predicted octanol–water partition coefficient (Wildman–Crippen LogP) is 13.6. The molecule has 60 heavy (non-hydrogen) atoms. The summed E-state index contributed by atoms with van der Waals surface area (Å²) in [5, 5.41) is 24.6. The molecule has 11 rings (SSSR count). The average Bonchev–Trinajstić information content (AvgIpc) is 3.87. The van der Waals surface area contributed by atoms with Gasteiger partial charge in [0.1, 0.15) is 11.2 Å². The van der Waals surface area contributed by atoms with E-state index in [9.17, 15) is 10.5 Å². The molecule has 0 saturated carbocycles. The van der Waals surface area contributed by atoms with E-state index in [2.05, 4.69) is 95.6 Å². The summed E-state index contributed by atoms with van der Waals surface area (Å²) < 4.78 is 9.00. The van der Waals surface area contributed by atoms with Crippen LogP contribution in [0.5, 0.6) is 0 Å². The lowest BCUT2D eigenvalue weighted by Crippen LogP contribution is -2.03. The quantitative estimate of drug-likeness (QED) is 0.168. The van der Waals surface area contributed by atoms with Gasteiger partial charge in [0.15, 0.2) is 5.82 Å². The lowest BCUT2D eigenvalue weighted by molar-refractivity contribution is 0.673. The van der Waals surface area contributed by atoms with Crippen molar-refractivity contribution in [1.29, 1.82) is 10.5 Å². The molecule has 0 unspecified atom stereocenters. The number of nitrogens with zero attached hydrogens (tertiary/aromatic N) is 5. The zero-order chi connectivity index (χ0) is 40.2. The Hall–Kier alpha value is -8.58. The van der Waals surface area contributed by atoms with Gasteiger partial charge in [-0.15, -0.1) is 0 Å². The van der Waals surface area contributed by atoms with Crippen LogP contribution in [0.2, 0.25) is 0 Å². The minimum Gasteiger partial charge on any atom is -0.455 e. The number of hydrogen-bond acceptors (Lipinski definition) is 5. The summed E-state index contributed by atoms with van der Waals surface area (Å²) >= 11 is 0. The van der Waals surface area contributed by atoms with Gasteiger partial charge in [0.25, 0.3) is 0 Å². The van der Waals surface area contributed by atoms with E-state index in [1.807, 2.05) is 109 Å². The first-order valence-corrected chi connectivity index (χ1v) is 19.7. The van der Waals surface area contributed by atoms with E-state index in [-0.39, 0.29) is 0 Å². The van der Waals surface area contributed by atoms with Gasteiger partial charge in [-0.3, -0.25) is 0 Å². The van der Waals surface area contributed by atoms with Crippen molar-refractivity contribution in [3.05, 3.63) is 199 Å². The maximum Gasteiger partial charge on any atom is 0.160 e. The van der Waals surface area contributed by atoms with E-state index in [0.29, 0.717) is 17.0 Å². The number of hydrogen-bond donors (Lipinski definition) is 0. The summed E-state index contributed by atoms with van der Waals surface area (Å²) in [6.07, 6.45) is 0. The molecule has 3 heterocycles. The number of furan rings is 1. The van der Waals surface area contributed by atoms with Crippen molar-refractivity contribution in [1.82, 2.24) is 14.5 Å². The normalized spacial score (nSPS) is 11.3. The fourth-order valence-corrected chi connectivity index (χ4v) is 8.52. The van der Waals surface area contributed by atoms with Crippen LogP contribution in [0.3, 0.4) is 0 Å². The Kier molecular flexibility index (Phi) is 8.15. The topological polar surface area (TPSA) is 91.4 Å². The highest BCUT2D eigenvalue weighted by molar-refractivity contribution is 6.24. The Labute approximate surface area is 345 Å². The van der Waals surface area contributed by atoms with Gasteiger partial charge in [-0.25, -0.2) is 9.97 Å². The van der Waals surface area contributed by atoms with Gasteiger partial charge in [-0.2, -0.15) is 10.5 Å². The second-order valence-corrected chi connectivity index (χ2v) is 14.8. The number of nitriles is 2. The van der Waals surface area contributed by atoms with Crippen LogP contribution in [0.4, 0.5) is 0 Å². The molecule has 0 N–H and O–H groups in total. The highest BCUT2D eigenvalue weighted by Gasteiger charge is 2.25. The molecule has 0 aliphatic rings. The number of para-hydroxylation sites is 2. The van der Waals surface area contributed by atoms with Crippen LogP contribution < -0.4 is 0 Å². The third-order valence-electron chi connectivity index (χ3n) is 11.2. The molecule has 278 valence electrons. The van der Waals surface area contributed by atoms with Crippen molar-refractivity contribution < 1.29 is 4.42 Å². The Morgan fingerprint density at radius 1 is 0.433 bits per heavy atom. The second kappa shape index (κ2) is 14.1. The molecule has 0 fully saturated rings. The van der Waals surface area contributed by atoms with Crippen molar-refractivity contribution in [3.8, 4) is 74.0 Å². The highest BCUT2D eigenvalue weighted by Crippen LogP contribution is 2.46. The maximum atomic E-state index is 10.2. The van der Waals surface area contributed by atoms with Gasteiger partial charge in [0.2, 0.25) is 0 Å². The minimum absolute atomic E-state index is 0.544. The third kappa shape index (κ3) is 5.71. The Morgan fingerprint density at radius 2 is 1.00 bits per heavy atom. The van der Waals surface area contributed by atoms with Crippen molar-refractivity contribution in [3.63, 3.8) is 0 Å². The van der Waals surface area contributed by atoms with Crippen LogP contribution in [0.25, 0.3) is 106 Å². The van der Waals surface area contributed by atoms with Crippen LogP contribution in [-0.4, -0.2) is 14.5 Å². The van der Waals surface area contributed by atoms with Crippen molar-refractivity contribution >= 4 is 43.7 Å². The molecule has 0 aliphatic heterocycles. The van der Waals surface area contributed by atoms with Crippen LogP contribution in [0.1, 0.15) is 11.1 Å². The van der Waals surface area contributed by atoms with Crippen molar-refractivity contribution in [2.45, 2.75) is 0 Å². The van der Waals surface area contributed by atoms with Gasteiger partial charge in [-0.05, 0) is 77.9 Å². The van der Waals surface area contributed by atoms with E-state index in [1.165, 1.54) is 0 Å². The smallest absolute Gasteiger partial charge is 0.160 e. The summed E-state index contributed by atoms with van der Waals surface area (Å²) in [7, 11) is 0. The number of rotatable bonds is 6. The fourth-order valence-electron chi connectivity index (χ4n) is 8.52. The van der Waals surface area contributed by atoms with E-state index >= 15 is 0 Å². The molecule has 0 radical (unpaired) electrons. The molecule has 0 atom stereocenters. The van der Waals surface area contributed by atoms with Gasteiger partial charge in [0, 0.05) is 44.0 Å². The minimum atomic E-state index is 0.544. The largest absolute Gasteiger partial charge is 0.455 e. The number of fused-ring (bicyclic) bond motifs is 7. The standard InChI is InChI=1S/C54H31N5O/c55-32-34-13-11-19-38(27-34)44-29-40(47-31-46(36-15-3-1-4-16-36)57-54(58-47)37-17-5-2-6-18-37)30-45(39-20-12-14-35(28-39)33-56)52(44)59-48-23-9-7-22-43(48)51-49(59)26-25-42-41-21-8-10-24-50(41)60-53(42)51/h1-31H. The van der Waals surface area contributed by atoms with Gasteiger partial charge < -0.3 is 8.98 Å². The molecular weight excluding hydrogens is 735 g/mol. The van der Waals surface area contributed by atoms with E-state index in [1.54, 1.807) is 0 Å². The molecule has 0 saturated heterocycles. The molecule has 3 aromatic heterocycles. The Bertz CT molecular complexity index is 3430.